The van der Waals surface area contributed by atoms with Gasteiger partial charge in [-0.25, -0.2) is 13.4 Å². The summed E-state index contributed by atoms with van der Waals surface area (Å²) in [6.07, 6.45) is 10.9. The number of sulfonamides is 1. The molecule has 1 aliphatic carbocycles. The van der Waals surface area contributed by atoms with Gasteiger partial charge in [-0.15, -0.1) is 0 Å². The van der Waals surface area contributed by atoms with E-state index in [1.807, 2.05) is 0 Å². The standard InChI is InChI=1S/C18H26N4O3S/c1-13-11-19-21(2)18(13)26(23,24)22-10-6-9-16(22)17-20-15(12-25-17)14-7-4-3-5-8-14/h11-12,14,16H,3-10H2,1-2H3. The molecular weight excluding hydrogens is 352 g/mol. The van der Waals surface area contributed by atoms with E-state index in [1.165, 1.54) is 28.2 Å². The zero-order valence-corrected chi connectivity index (χ0v) is 16.2. The van der Waals surface area contributed by atoms with Crippen LogP contribution in [0.2, 0.25) is 0 Å². The summed E-state index contributed by atoms with van der Waals surface area (Å²) in [6.45, 7) is 2.26. The first-order valence-corrected chi connectivity index (χ1v) is 10.9. The molecule has 2 aromatic rings. The summed E-state index contributed by atoms with van der Waals surface area (Å²) in [5.74, 6) is 0.985. The predicted molar refractivity (Wildman–Crippen MR) is 96.1 cm³/mol. The summed E-state index contributed by atoms with van der Waals surface area (Å²) in [4.78, 5) is 4.71. The molecule has 2 aliphatic rings. The Morgan fingerprint density at radius 1 is 1.15 bits per heavy atom. The molecule has 1 atom stereocenters. The minimum atomic E-state index is -3.64. The maximum absolute atomic E-state index is 13.2. The van der Waals surface area contributed by atoms with Gasteiger partial charge in [0, 0.05) is 25.1 Å². The van der Waals surface area contributed by atoms with Crippen molar-refractivity contribution >= 4 is 10.0 Å². The van der Waals surface area contributed by atoms with E-state index in [0.29, 0.717) is 23.9 Å². The van der Waals surface area contributed by atoms with Crippen LogP contribution in [0.5, 0.6) is 0 Å². The van der Waals surface area contributed by atoms with Crippen molar-refractivity contribution in [1.29, 1.82) is 0 Å². The zero-order chi connectivity index (χ0) is 18.3. The number of hydrogen-bond acceptors (Lipinski definition) is 5. The Morgan fingerprint density at radius 2 is 1.92 bits per heavy atom. The Labute approximate surface area is 154 Å². The van der Waals surface area contributed by atoms with E-state index >= 15 is 0 Å². The van der Waals surface area contributed by atoms with Crippen LogP contribution in [0, 0.1) is 6.92 Å². The highest BCUT2D eigenvalue weighted by Crippen LogP contribution is 2.38. The number of hydrogen-bond donors (Lipinski definition) is 0. The quantitative estimate of drug-likeness (QED) is 0.815. The molecule has 1 unspecified atom stereocenters. The molecule has 2 fully saturated rings. The summed E-state index contributed by atoms with van der Waals surface area (Å²) < 4.78 is 35.2. The van der Waals surface area contributed by atoms with E-state index in [2.05, 4.69) is 5.10 Å². The Kier molecular flexibility index (Phi) is 4.64. The third-order valence-electron chi connectivity index (χ3n) is 5.66. The lowest BCUT2D eigenvalue weighted by atomic mass is 9.87. The fourth-order valence-corrected chi connectivity index (χ4v) is 6.29. The second-order valence-corrected chi connectivity index (χ2v) is 9.28. The molecule has 0 bridgehead atoms. The van der Waals surface area contributed by atoms with Gasteiger partial charge < -0.3 is 4.42 Å². The number of oxazole rings is 1. The van der Waals surface area contributed by atoms with Gasteiger partial charge in [0.1, 0.15) is 12.3 Å². The van der Waals surface area contributed by atoms with Crippen LogP contribution in [0.3, 0.4) is 0 Å². The van der Waals surface area contributed by atoms with Crippen LogP contribution in [-0.2, 0) is 17.1 Å². The Hall–Kier alpha value is -1.67. The van der Waals surface area contributed by atoms with Crippen molar-refractivity contribution in [1.82, 2.24) is 19.1 Å². The Morgan fingerprint density at radius 3 is 2.62 bits per heavy atom. The van der Waals surface area contributed by atoms with Crippen LogP contribution >= 0.6 is 0 Å². The normalized spacial score (nSPS) is 22.9. The van der Waals surface area contributed by atoms with Crippen LogP contribution in [-0.4, -0.2) is 34.0 Å². The van der Waals surface area contributed by atoms with Crippen LogP contribution in [0.1, 0.15) is 74.1 Å². The smallest absolute Gasteiger partial charge is 0.261 e. The third-order valence-corrected chi connectivity index (χ3v) is 7.79. The minimum absolute atomic E-state index is 0.253. The summed E-state index contributed by atoms with van der Waals surface area (Å²) in [5, 5.41) is 4.34. The molecule has 4 rings (SSSR count). The molecule has 2 aromatic heterocycles. The van der Waals surface area contributed by atoms with E-state index < -0.39 is 10.0 Å². The minimum Gasteiger partial charge on any atom is -0.447 e. The number of aryl methyl sites for hydroxylation is 2. The fraction of sp³-hybridized carbons (Fsp3) is 0.667. The van der Waals surface area contributed by atoms with Crippen LogP contribution in [0.15, 0.2) is 21.9 Å². The maximum Gasteiger partial charge on any atom is 0.261 e. The lowest BCUT2D eigenvalue weighted by Gasteiger charge is -2.22. The molecule has 1 saturated heterocycles. The van der Waals surface area contributed by atoms with E-state index in [4.69, 9.17) is 9.40 Å². The van der Waals surface area contributed by atoms with Gasteiger partial charge in [0.25, 0.3) is 10.0 Å². The van der Waals surface area contributed by atoms with Crippen molar-refractivity contribution < 1.29 is 12.8 Å². The predicted octanol–water partition coefficient (Wildman–Crippen LogP) is 3.29. The van der Waals surface area contributed by atoms with Crippen molar-refractivity contribution in [3.63, 3.8) is 0 Å². The van der Waals surface area contributed by atoms with Crippen molar-refractivity contribution in [2.24, 2.45) is 7.05 Å². The van der Waals surface area contributed by atoms with Gasteiger partial charge in [-0.05, 0) is 32.6 Å². The van der Waals surface area contributed by atoms with Crippen molar-refractivity contribution in [3.05, 3.63) is 29.6 Å². The largest absolute Gasteiger partial charge is 0.447 e. The van der Waals surface area contributed by atoms with Gasteiger partial charge in [0.15, 0.2) is 5.03 Å². The first-order chi connectivity index (χ1) is 12.5. The summed E-state index contributed by atoms with van der Waals surface area (Å²) in [7, 11) is -1.97. The zero-order valence-electron chi connectivity index (χ0n) is 15.4. The highest BCUT2D eigenvalue weighted by molar-refractivity contribution is 7.89. The highest BCUT2D eigenvalue weighted by atomic mass is 32.2. The Balaban J connectivity index is 1.62. The molecule has 0 aromatic carbocycles. The highest BCUT2D eigenvalue weighted by Gasteiger charge is 2.41. The van der Waals surface area contributed by atoms with Gasteiger partial charge in [-0.3, -0.25) is 4.68 Å². The third kappa shape index (κ3) is 2.99. The molecule has 142 valence electrons. The first kappa shape index (κ1) is 17.7. The lowest BCUT2D eigenvalue weighted by molar-refractivity contribution is 0.327. The van der Waals surface area contributed by atoms with Gasteiger partial charge in [0.05, 0.1) is 11.9 Å². The van der Waals surface area contributed by atoms with Crippen LogP contribution in [0.25, 0.3) is 0 Å². The molecule has 0 spiro atoms. The van der Waals surface area contributed by atoms with Gasteiger partial charge in [-0.2, -0.15) is 9.40 Å². The Bertz CT molecular complexity index is 861. The monoisotopic (exact) mass is 378 g/mol. The molecule has 26 heavy (non-hydrogen) atoms. The molecule has 7 nitrogen and oxygen atoms in total. The second-order valence-electron chi connectivity index (χ2n) is 7.48. The molecular formula is C18H26N4O3S. The van der Waals surface area contributed by atoms with Crippen molar-refractivity contribution in [2.45, 2.75) is 68.9 Å². The van der Waals surface area contributed by atoms with Crippen molar-refractivity contribution in [3.8, 4) is 0 Å². The molecule has 0 radical (unpaired) electrons. The van der Waals surface area contributed by atoms with Crippen molar-refractivity contribution in [2.75, 3.05) is 6.54 Å². The van der Waals surface area contributed by atoms with Gasteiger partial charge in [0.2, 0.25) is 5.89 Å². The molecule has 0 amide bonds. The van der Waals surface area contributed by atoms with Gasteiger partial charge in [-0.1, -0.05) is 19.3 Å². The van der Waals surface area contributed by atoms with E-state index in [-0.39, 0.29) is 11.1 Å². The SMILES string of the molecule is Cc1cnn(C)c1S(=O)(=O)N1CCCC1c1nc(C2CCCCC2)co1. The average Bonchev–Trinajstić information content (AvgIpc) is 3.35. The molecule has 8 heteroatoms. The van der Waals surface area contributed by atoms with Crippen LogP contribution in [0.4, 0.5) is 0 Å². The molecule has 0 N–H and O–H groups in total. The fourth-order valence-electron chi connectivity index (χ4n) is 4.33. The van der Waals surface area contributed by atoms with E-state index in [1.54, 1.807) is 26.4 Å². The van der Waals surface area contributed by atoms with Crippen LogP contribution < -0.4 is 0 Å². The summed E-state index contributed by atoms with van der Waals surface area (Å²) in [5.41, 5.74) is 1.65. The number of aromatic nitrogens is 3. The average molecular weight is 378 g/mol. The molecule has 1 saturated carbocycles. The molecule has 1 aliphatic heterocycles. The topological polar surface area (TPSA) is 81.2 Å². The van der Waals surface area contributed by atoms with E-state index in [9.17, 15) is 8.42 Å². The first-order valence-electron chi connectivity index (χ1n) is 9.44. The lowest BCUT2D eigenvalue weighted by Crippen LogP contribution is -2.32. The summed E-state index contributed by atoms with van der Waals surface area (Å²) in [6, 6.07) is -0.327. The maximum atomic E-state index is 13.2. The summed E-state index contributed by atoms with van der Waals surface area (Å²) >= 11 is 0. The van der Waals surface area contributed by atoms with Gasteiger partial charge >= 0.3 is 0 Å². The number of rotatable bonds is 4. The second kappa shape index (κ2) is 6.81. The van der Waals surface area contributed by atoms with E-state index in [0.717, 1.165) is 31.4 Å². The molecule has 3 heterocycles. The number of nitrogens with zero attached hydrogens (tertiary/aromatic N) is 4.